The number of carbonyl (C=O) groups is 3. The van der Waals surface area contributed by atoms with Crippen LogP contribution in [0.2, 0.25) is 0 Å². The summed E-state index contributed by atoms with van der Waals surface area (Å²) in [6.45, 7) is 0. The van der Waals surface area contributed by atoms with E-state index in [1.54, 1.807) is 30.3 Å². The summed E-state index contributed by atoms with van der Waals surface area (Å²) < 4.78 is -1.53. The molecule has 0 bridgehead atoms. The summed E-state index contributed by atoms with van der Waals surface area (Å²) in [7, 11) is 1.32. The fraction of sp³-hybridized carbons (Fsp3) is 0.182. The third-order valence-electron chi connectivity index (χ3n) is 2.61. The number of carbonyl (C=O) groups excluding carboxylic acids is 3. The molecule has 1 N–H and O–H groups in total. The normalized spacial score (nSPS) is 24.8. The maximum Gasteiger partial charge on any atom is 0.330 e. The fourth-order valence-corrected chi connectivity index (χ4v) is 2.24. The molecule has 0 aliphatic carbocycles. The maximum atomic E-state index is 12.1. The summed E-state index contributed by atoms with van der Waals surface area (Å²) in [5.41, 5.74) is 0.488. The molecule has 1 aliphatic rings. The summed E-state index contributed by atoms with van der Waals surface area (Å²) in [4.78, 5) is 36.1. The van der Waals surface area contributed by atoms with E-state index in [1.165, 1.54) is 7.05 Å². The van der Waals surface area contributed by atoms with Crippen LogP contribution < -0.4 is 5.32 Å². The largest absolute Gasteiger partial charge is 0.330 e. The second kappa shape index (κ2) is 3.96. The highest BCUT2D eigenvalue weighted by atomic mass is 79.9. The van der Waals surface area contributed by atoms with Crippen LogP contribution in [0.5, 0.6) is 0 Å². The standard InChI is InChI=1S/C11H9BrN2O3/c1-14-9(16)11(12,8(15)13-10(14)17)7-5-3-2-4-6-7/h2-6H,1H3,(H,13,15,17). The number of nitrogens with one attached hydrogen (secondary N) is 1. The van der Waals surface area contributed by atoms with Crippen molar-refractivity contribution in [3.05, 3.63) is 35.9 Å². The van der Waals surface area contributed by atoms with Crippen molar-refractivity contribution in [2.75, 3.05) is 7.05 Å². The number of alkyl halides is 1. The van der Waals surface area contributed by atoms with E-state index in [1.807, 2.05) is 0 Å². The average molecular weight is 297 g/mol. The predicted molar refractivity (Wildman–Crippen MR) is 63.4 cm³/mol. The summed E-state index contributed by atoms with van der Waals surface area (Å²) >= 11 is 3.15. The van der Waals surface area contributed by atoms with Gasteiger partial charge in [0.05, 0.1) is 0 Å². The topological polar surface area (TPSA) is 66.5 Å². The highest BCUT2D eigenvalue weighted by Crippen LogP contribution is 2.35. The number of amides is 4. The van der Waals surface area contributed by atoms with Crippen LogP contribution in [-0.2, 0) is 13.9 Å². The number of urea groups is 1. The Labute approximate surface area is 106 Å². The highest BCUT2D eigenvalue weighted by Gasteiger charge is 2.52. The lowest BCUT2D eigenvalue weighted by molar-refractivity contribution is -0.139. The molecule has 1 aliphatic heterocycles. The van der Waals surface area contributed by atoms with Crippen molar-refractivity contribution in [2.45, 2.75) is 4.32 Å². The molecule has 0 aromatic heterocycles. The summed E-state index contributed by atoms with van der Waals surface area (Å²) in [5.74, 6) is -1.27. The number of benzene rings is 1. The average Bonchev–Trinajstić information content (AvgIpc) is 2.35. The number of halogens is 1. The lowest BCUT2D eigenvalue weighted by atomic mass is 9.95. The monoisotopic (exact) mass is 296 g/mol. The highest BCUT2D eigenvalue weighted by molar-refractivity contribution is 9.10. The van der Waals surface area contributed by atoms with Gasteiger partial charge >= 0.3 is 6.03 Å². The third kappa shape index (κ3) is 1.64. The molecule has 1 aromatic carbocycles. The van der Waals surface area contributed by atoms with Crippen LogP contribution in [0.1, 0.15) is 5.56 Å². The van der Waals surface area contributed by atoms with Gasteiger partial charge in [0.15, 0.2) is 0 Å². The van der Waals surface area contributed by atoms with Crippen molar-refractivity contribution >= 4 is 33.8 Å². The molecule has 17 heavy (non-hydrogen) atoms. The molecule has 88 valence electrons. The predicted octanol–water partition coefficient (Wildman–Crippen LogP) is 0.985. The first-order valence-corrected chi connectivity index (χ1v) is 5.65. The van der Waals surface area contributed by atoms with Gasteiger partial charge in [0.25, 0.3) is 11.8 Å². The SMILES string of the molecule is CN1C(=O)NC(=O)C(Br)(c2ccccc2)C1=O. The second-order valence-electron chi connectivity index (χ2n) is 3.65. The van der Waals surface area contributed by atoms with E-state index >= 15 is 0 Å². The van der Waals surface area contributed by atoms with Gasteiger partial charge in [0.2, 0.25) is 4.32 Å². The Balaban J connectivity index is 2.52. The molecule has 0 spiro atoms. The minimum atomic E-state index is -1.53. The van der Waals surface area contributed by atoms with Gasteiger partial charge in [-0.2, -0.15) is 0 Å². The van der Waals surface area contributed by atoms with Crippen molar-refractivity contribution in [3.63, 3.8) is 0 Å². The molecular weight excluding hydrogens is 288 g/mol. The van der Waals surface area contributed by atoms with Crippen molar-refractivity contribution < 1.29 is 14.4 Å². The van der Waals surface area contributed by atoms with Gasteiger partial charge in [-0.25, -0.2) is 4.79 Å². The lowest BCUT2D eigenvalue weighted by Gasteiger charge is -2.33. The smallest absolute Gasteiger partial charge is 0.276 e. The van der Waals surface area contributed by atoms with Crippen molar-refractivity contribution in [2.24, 2.45) is 0 Å². The zero-order valence-corrected chi connectivity index (χ0v) is 10.5. The van der Waals surface area contributed by atoms with Crippen LogP contribution in [0, 0.1) is 0 Å². The Morgan fingerprint density at radius 3 is 2.35 bits per heavy atom. The third-order valence-corrected chi connectivity index (χ3v) is 3.77. The first-order valence-electron chi connectivity index (χ1n) is 4.86. The molecule has 1 heterocycles. The molecule has 1 unspecified atom stereocenters. The van der Waals surface area contributed by atoms with Crippen molar-refractivity contribution in [1.82, 2.24) is 10.2 Å². The number of imide groups is 2. The summed E-state index contributed by atoms with van der Waals surface area (Å²) in [5, 5.41) is 2.13. The number of hydrogen-bond donors (Lipinski definition) is 1. The molecule has 1 saturated heterocycles. The van der Waals surface area contributed by atoms with Crippen LogP contribution in [0.25, 0.3) is 0 Å². The Hall–Kier alpha value is -1.69. The molecule has 1 aromatic rings. The lowest BCUT2D eigenvalue weighted by Crippen LogP contribution is -2.62. The first-order chi connectivity index (χ1) is 7.98. The zero-order chi connectivity index (χ0) is 12.6. The Morgan fingerprint density at radius 2 is 1.76 bits per heavy atom. The first kappa shape index (κ1) is 11.8. The second-order valence-corrected chi connectivity index (χ2v) is 4.84. The van der Waals surface area contributed by atoms with Gasteiger partial charge in [-0.3, -0.25) is 19.8 Å². The Kier molecular flexibility index (Phi) is 2.74. The number of likely N-dealkylation sites (N-methyl/N-ethyl adjacent to an activating group) is 1. The molecule has 1 fully saturated rings. The van der Waals surface area contributed by atoms with Gasteiger partial charge in [-0.05, 0) is 5.56 Å². The van der Waals surface area contributed by atoms with Crippen molar-refractivity contribution in [1.29, 1.82) is 0 Å². The summed E-state index contributed by atoms with van der Waals surface area (Å²) in [6, 6.07) is 7.79. The quantitative estimate of drug-likeness (QED) is 0.621. The van der Waals surface area contributed by atoms with Gasteiger partial charge in [-0.15, -0.1) is 0 Å². The number of hydrogen-bond acceptors (Lipinski definition) is 3. The van der Waals surface area contributed by atoms with Gasteiger partial charge < -0.3 is 0 Å². The van der Waals surface area contributed by atoms with E-state index in [0.717, 1.165) is 4.90 Å². The van der Waals surface area contributed by atoms with E-state index in [4.69, 9.17) is 0 Å². The Bertz CT molecular complexity index is 503. The molecule has 1 atom stereocenters. The van der Waals surface area contributed by atoms with Gasteiger partial charge in [0, 0.05) is 7.05 Å². The number of nitrogens with zero attached hydrogens (tertiary/aromatic N) is 1. The van der Waals surface area contributed by atoms with Crippen LogP contribution in [0.3, 0.4) is 0 Å². The molecule has 4 amide bonds. The van der Waals surface area contributed by atoms with Crippen LogP contribution in [0.15, 0.2) is 30.3 Å². The molecule has 5 nitrogen and oxygen atoms in total. The zero-order valence-electron chi connectivity index (χ0n) is 8.94. The minimum Gasteiger partial charge on any atom is -0.276 e. The van der Waals surface area contributed by atoms with Crippen molar-refractivity contribution in [3.8, 4) is 0 Å². The van der Waals surface area contributed by atoms with E-state index in [2.05, 4.69) is 21.2 Å². The van der Waals surface area contributed by atoms with Crippen LogP contribution in [-0.4, -0.2) is 29.8 Å². The number of barbiturate groups is 1. The Morgan fingerprint density at radius 1 is 1.18 bits per heavy atom. The maximum absolute atomic E-state index is 12.1. The van der Waals surface area contributed by atoms with Gasteiger partial charge in [-0.1, -0.05) is 46.3 Å². The van der Waals surface area contributed by atoms with E-state index in [0.29, 0.717) is 5.56 Å². The molecule has 2 rings (SSSR count). The molecule has 6 heteroatoms. The molecule has 0 radical (unpaired) electrons. The molecule has 0 saturated carbocycles. The summed E-state index contributed by atoms with van der Waals surface area (Å²) in [6.07, 6.45) is 0. The molecular formula is C11H9BrN2O3. The minimum absolute atomic E-state index is 0.488. The van der Waals surface area contributed by atoms with E-state index in [-0.39, 0.29) is 0 Å². The van der Waals surface area contributed by atoms with Crippen LogP contribution in [0.4, 0.5) is 4.79 Å². The fourth-order valence-electron chi connectivity index (χ4n) is 1.61. The van der Waals surface area contributed by atoms with E-state index in [9.17, 15) is 14.4 Å². The van der Waals surface area contributed by atoms with E-state index < -0.39 is 22.2 Å². The number of rotatable bonds is 1. The van der Waals surface area contributed by atoms with Gasteiger partial charge in [0.1, 0.15) is 0 Å². The van der Waals surface area contributed by atoms with Crippen LogP contribution >= 0.6 is 15.9 Å².